The molecule has 4 atom stereocenters. The molecule has 0 radical (unpaired) electrons. The van der Waals surface area contributed by atoms with E-state index in [4.69, 9.17) is 15.6 Å². The maximum atomic E-state index is 13.2. The third kappa shape index (κ3) is 2.59. The van der Waals surface area contributed by atoms with Gasteiger partial charge in [0.2, 0.25) is 5.82 Å². The van der Waals surface area contributed by atoms with E-state index in [0.29, 0.717) is 0 Å². The highest BCUT2D eigenvalue weighted by Crippen LogP contribution is 2.28. The fourth-order valence-corrected chi connectivity index (χ4v) is 2.04. The molecule has 1 saturated heterocycles. The van der Waals surface area contributed by atoms with Gasteiger partial charge in [-0.05, 0) is 0 Å². The van der Waals surface area contributed by atoms with Gasteiger partial charge in [0.1, 0.15) is 18.4 Å². The molecule has 8 nitrogen and oxygen atoms in total. The average molecular weight is 275 g/mol. The Balaban J connectivity index is 2.28. The number of halogens is 1. The number of aliphatic hydroxyl groups excluding tert-OH is 2. The van der Waals surface area contributed by atoms with E-state index in [-0.39, 0.29) is 6.42 Å². The molecule has 2 heterocycles. The summed E-state index contributed by atoms with van der Waals surface area (Å²) in [6, 6.07) is -0.617. The van der Waals surface area contributed by atoms with Crippen molar-refractivity contribution in [2.45, 2.75) is 30.9 Å². The molecule has 0 bridgehead atoms. The molecule has 5 N–H and O–H groups in total. The Labute approximate surface area is 106 Å². The van der Waals surface area contributed by atoms with Crippen LogP contribution in [0.3, 0.4) is 0 Å². The Hall–Kier alpha value is -1.55. The van der Waals surface area contributed by atoms with Crippen molar-refractivity contribution in [2.24, 2.45) is 5.73 Å². The first-order valence-electron chi connectivity index (χ1n) is 5.65. The molecule has 0 spiro atoms. The molecule has 1 aliphatic heterocycles. The van der Waals surface area contributed by atoms with Crippen molar-refractivity contribution >= 4 is 0 Å². The Morgan fingerprint density at radius 3 is 2.95 bits per heavy atom. The van der Waals surface area contributed by atoms with Gasteiger partial charge in [0.05, 0.1) is 12.8 Å². The van der Waals surface area contributed by atoms with Crippen LogP contribution in [0, 0.1) is 5.82 Å². The van der Waals surface area contributed by atoms with Gasteiger partial charge in [-0.25, -0.2) is 4.79 Å². The molecule has 1 aromatic rings. The largest absolute Gasteiger partial charge is 0.394 e. The van der Waals surface area contributed by atoms with Gasteiger partial charge < -0.3 is 20.7 Å². The maximum Gasteiger partial charge on any atom is 0.330 e. The van der Waals surface area contributed by atoms with Crippen LogP contribution in [-0.4, -0.2) is 44.6 Å². The van der Waals surface area contributed by atoms with Gasteiger partial charge >= 0.3 is 5.69 Å². The van der Waals surface area contributed by atoms with Gasteiger partial charge in [0.25, 0.3) is 5.56 Å². The molecule has 0 aliphatic carbocycles. The highest BCUT2D eigenvalue weighted by atomic mass is 19.1. The van der Waals surface area contributed by atoms with Crippen LogP contribution in [0.5, 0.6) is 0 Å². The van der Waals surface area contributed by atoms with Crippen molar-refractivity contribution in [1.82, 2.24) is 9.55 Å². The van der Waals surface area contributed by atoms with E-state index < -0.39 is 48.2 Å². The van der Waals surface area contributed by atoms with Gasteiger partial charge in [-0.15, -0.1) is 0 Å². The van der Waals surface area contributed by atoms with Crippen LogP contribution < -0.4 is 17.0 Å². The van der Waals surface area contributed by atoms with E-state index in [0.717, 1.165) is 10.8 Å². The molecule has 0 aromatic carbocycles. The van der Waals surface area contributed by atoms with E-state index in [2.05, 4.69) is 0 Å². The number of H-pyrrole nitrogens is 1. The highest BCUT2D eigenvalue weighted by Gasteiger charge is 2.38. The first-order valence-corrected chi connectivity index (χ1v) is 5.65. The van der Waals surface area contributed by atoms with E-state index in [1.807, 2.05) is 0 Å². The lowest BCUT2D eigenvalue weighted by atomic mass is 10.1. The van der Waals surface area contributed by atoms with Crippen LogP contribution in [-0.2, 0) is 4.74 Å². The van der Waals surface area contributed by atoms with Crippen molar-refractivity contribution in [3.63, 3.8) is 0 Å². The third-order valence-corrected chi connectivity index (χ3v) is 3.01. The monoisotopic (exact) mass is 275 g/mol. The van der Waals surface area contributed by atoms with Crippen LogP contribution in [0.15, 0.2) is 15.8 Å². The fraction of sp³-hybridized carbons (Fsp3) is 0.600. The van der Waals surface area contributed by atoms with Gasteiger partial charge in [-0.2, -0.15) is 4.39 Å². The second kappa shape index (κ2) is 5.21. The lowest BCUT2D eigenvalue weighted by molar-refractivity contribution is -0.0783. The van der Waals surface area contributed by atoms with Crippen molar-refractivity contribution in [3.8, 4) is 0 Å². The number of aromatic nitrogens is 2. The molecule has 9 heteroatoms. The number of nitrogens with zero attached hydrogens (tertiary/aromatic N) is 1. The minimum Gasteiger partial charge on any atom is -0.394 e. The quantitative estimate of drug-likeness (QED) is 0.488. The minimum atomic E-state index is -1.19. The molecule has 1 aromatic heterocycles. The van der Waals surface area contributed by atoms with Crippen LogP contribution in [0.2, 0.25) is 0 Å². The van der Waals surface area contributed by atoms with Crippen LogP contribution in [0.1, 0.15) is 12.6 Å². The molecular weight excluding hydrogens is 261 g/mol. The molecule has 1 aliphatic rings. The summed E-state index contributed by atoms with van der Waals surface area (Å²) in [5.74, 6) is -1.12. The molecule has 1 fully saturated rings. The second-order valence-corrected chi connectivity index (χ2v) is 4.35. The lowest BCUT2D eigenvalue weighted by Crippen LogP contribution is -2.41. The molecule has 0 saturated carbocycles. The number of rotatable bonds is 3. The van der Waals surface area contributed by atoms with Crippen molar-refractivity contribution < 1.29 is 19.3 Å². The zero-order valence-corrected chi connectivity index (χ0v) is 9.82. The summed E-state index contributed by atoms with van der Waals surface area (Å²) in [7, 11) is 0. The van der Waals surface area contributed by atoms with Gasteiger partial charge in [0.15, 0.2) is 0 Å². The zero-order valence-electron chi connectivity index (χ0n) is 9.82. The second-order valence-electron chi connectivity index (χ2n) is 4.35. The summed E-state index contributed by atoms with van der Waals surface area (Å²) in [6.07, 6.45) is -2.08. The first kappa shape index (κ1) is 13.9. The standard InChI is InChI=1S/C10H14FN3O5/c11-4-2-14(10(18)13-9(4)17)7-1-5(12)8(19-7)6(16)3-15/h2,5-8,15-16H,1,3,12H2,(H,13,17,18)/t5-,6-,7+,8+/m1/s1. The Morgan fingerprint density at radius 2 is 2.32 bits per heavy atom. The number of hydrogen-bond donors (Lipinski definition) is 4. The van der Waals surface area contributed by atoms with Crippen molar-refractivity contribution in [3.05, 3.63) is 32.9 Å². The average Bonchev–Trinajstić information content (AvgIpc) is 2.75. The number of nitrogens with one attached hydrogen (secondary N) is 1. The van der Waals surface area contributed by atoms with Crippen LogP contribution >= 0.6 is 0 Å². The molecule has 19 heavy (non-hydrogen) atoms. The van der Waals surface area contributed by atoms with E-state index in [1.165, 1.54) is 0 Å². The van der Waals surface area contributed by atoms with E-state index in [1.54, 1.807) is 4.98 Å². The van der Waals surface area contributed by atoms with Crippen molar-refractivity contribution in [2.75, 3.05) is 6.61 Å². The predicted octanol–water partition coefficient (Wildman–Crippen LogP) is -2.36. The minimum absolute atomic E-state index is 0.146. The Kier molecular flexibility index (Phi) is 3.80. The Bertz CT molecular complexity index is 571. The SMILES string of the molecule is N[C@@H]1C[C@@H](n2cc(F)c(=O)[nH]c2=O)O[C@@H]1[C@H](O)CO. The number of aromatic amines is 1. The van der Waals surface area contributed by atoms with E-state index >= 15 is 0 Å². The predicted molar refractivity (Wildman–Crippen MR) is 60.9 cm³/mol. The molecule has 106 valence electrons. The summed E-state index contributed by atoms with van der Waals surface area (Å²) < 4.78 is 19.3. The number of hydrogen-bond acceptors (Lipinski definition) is 6. The molecular formula is C10H14FN3O5. The Morgan fingerprint density at radius 1 is 1.63 bits per heavy atom. The first-order chi connectivity index (χ1) is 8.93. The van der Waals surface area contributed by atoms with Crippen LogP contribution in [0.25, 0.3) is 0 Å². The number of nitrogens with two attached hydrogens (primary N) is 1. The van der Waals surface area contributed by atoms with Crippen LogP contribution in [0.4, 0.5) is 4.39 Å². The van der Waals surface area contributed by atoms with Gasteiger partial charge in [-0.1, -0.05) is 0 Å². The maximum absolute atomic E-state index is 13.2. The fourth-order valence-electron chi connectivity index (χ4n) is 2.04. The van der Waals surface area contributed by atoms with Crippen molar-refractivity contribution in [1.29, 1.82) is 0 Å². The zero-order chi connectivity index (χ0) is 14.2. The number of aliphatic hydroxyl groups is 2. The summed E-state index contributed by atoms with van der Waals surface area (Å²) in [6.45, 7) is -0.542. The van der Waals surface area contributed by atoms with Gasteiger partial charge in [0, 0.05) is 12.5 Å². The third-order valence-electron chi connectivity index (χ3n) is 3.01. The molecule has 0 amide bonds. The highest BCUT2D eigenvalue weighted by molar-refractivity contribution is 4.93. The number of ether oxygens (including phenoxy) is 1. The smallest absolute Gasteiger partial charge is 0.330 e. The molecule has 2 rings (SSSR count). The lowest BCUT2D eigenvalue weighted by Gasteiger charge is -2.20. The van der Waals surface area contributed by atoms with E-state index in [9.17, 15) is 19.1 Å². The summed E-state index contributed by atoms with van der Waals surface area (Å²) >= 11 is 0. The summed E-state index contributed by atoms with van der Waals surface area (Å²) in [5.41, 5.74) is 3.78. The van der Waals surface area contributed by atoms with Gasteiger partial charge in [-0.3, -0.25) is 14.3 Å². The topological polar surface area (TPSA) is 131 Å². The normalized spacial score (nSPS) is 28.5. The summed E-state index contributed by atoms with van der Waals surface area (Å²) in [5, 5.41) is 18.3. The summed E-state index contributed by atoms with van der Waals surface area (Å²) in [4.78, 5) is 24.2. The molecule has 0 unspecified atom stereocenters.